The second-order valence-electron chi connectivity index (χ2n) is 7.14. The Labute approximate surface area is 163 Å². The van der Waals surface area contributed by atoms with E-state index >= 15 is 0 Å². The minimum atomic E-state index is -0.934. The van der Waals surface area contributed by atoms with Gasteiger partial charge in [-0.25, -0.2) is 18.7 Å². The zero-order valence-electron chi connectivity index (χ0n) is 16.4. The fraction of sp³-hybridized carbons (Fsp3) is 0.450. The zero-order chi connectivity index (χ0) is 20.4. The Morgan fingerprint density at radius 3 is 2.64 bits per heavy atom. The molecular formula is C20H25F2N5O. The first-order valence-corrected chi connectivity index (χ1v) is 9.39. The van der Waals surface area contributed by atoms with E-state index in [9.17, 15) is 13.6 Å². The summed E-state index contributed by atoms with van der Waals surface area (Å²) in [5.41, 5.74) is 8.17. The SMILES string of the molecule is CCN(Cc1ccc(F)c(F)c1)C(=O)c1nc(C)c(C)c(N2CC[C@@H](N)C2)n1. The lowest BCUT2D eigenvalue weighted by molar-refractivity contribution is 0.0739. The highest BCUT2D eigenvalue weighted by Crippen LogP contribution is 2.24. The molecule has 1 aliphatic rings. The molecule has 0 spiro atoms. The maximum absolute atomic E-state index is 13.5. The van der Waals surface area contributed by atoms with E-state index in [1.807, 2.05) is 20.8 Å². The molecule has 1 aliphatic heterocycles. The number of aryl methyl sites for hydroxylation is 1. The van der Waals surface area contributed by atoms with Crippen molar-refractivity contribution >= 4 is 11.7 Å². The number of aromatic nitrogens is 2. The molecule has 150 valence electrons. The monoisotopic (exact) mass is 389 g/mol. The van der Waals surface area contributed by atoms with Gasteiger partial charge in [-0.1, -0.05) is 6.07 Å². The van der Waals surface area contributed by atoms with E-state index in [0.29, 0.717) is 18.7 Å². The Balaban J connectivity index is 1.87. The lowest BCUT2D eigenvalue weighted by Crippen LogP contribution is -2.33. The van der Waals surface area contributed by atoms with Crippen LogP contribution < -0.4 is 10.6 Å². The Kier molecular flexibility index (Phi) is 5.88. The summed E-state index contributed by atoms with van der Waals surface area (Å²) in [6.07, 6.45) is 0.878. The van der Waals surface area contributed by atoms with Crippen molar-refractivity contribution in [3.05, 3.63) is 52.5 Å². The highest BCUT2D eigenvalue weighted by atomic mass is 19.2. The molecule has 0 aliphatic carbocycles. The summed E-state index contributed by atoms with van der Waals surface area (Å²) < 4.78 is 26.6. The van der Waals surface area contributed by atoms with E-state index in [1.165, 1.54) is 11.0 Å². The molecule has 0 unspecified atom stereocenters. The van der Waals surface area contributed by atoms with Crippen molar-refractivity contribution in [1.29, 1.82) is 0 Å². The number of rotatable bonds is 5. The number of hydrogen-bond donors (Lipinski definition) is 1. The maximum atomic E-state index is 13.5. The Morgan fingerprint density at radius 2 is 2.04 bits per heavy atom. The van der Waals surface area contributed by atoms with Crippen LogP contribution in [-0.2, 0) is 6.54 Å². The summed E-state index contributed by atoms with van der Waals surface area (Å²) in [6, 6.07) is 3.72. The van der Waals surface area contributed by atoms with Gasteiger partial charge in [-0.05, 0) is 44.9 Å². The van der Waals surface area contributed by atoms with Crippen LogP contribution in [0.4, 0.5) is 14.6 Å². The third-order valence-corrected chi connectivity index (χ3v) is 5.11. The molecule has 1 aromatic heterocycles. The van der Waals surface area contributed by atoms with Gasteiger partial charge in [-0.3, -0.25) is 4.79 Å². The van der Waals surface area contributed by atoms with E-state index in [-0.39, 0.29) is 24.3 Å². The average molecular weight is 389 g/mol. The van der Waals surface area contributed by atoms with Crippen LogP contribution in [0.3, 0.4) is 0 Å². The smallest absolute Gasteiger partial charge is 0.292 e. The molecule has 28 heavy (non-hydrogen) atoms. The van der Waals surface area contributed by atoms with Gasteiger partial charge in [0.05, 0.1) is 0 Å². The standard InChI is InChI=1S/C20H25F2N5O/c1-4-26(10-14-5-6-16(21)17(22)9-14)20(28)18-24-13(3)12(2)19(25-18)27-8-7-15(23)11-27/h5-6,9,15H,4,7-8,10-11,23H2,1-3H3/t15-/m1/s1. The van der Waals surface area contributed by atoms with Crippen LogP contribution in [-0.4, -0.2) is 46.5 Å². The molecule has 2 aromatic rings. The summed E-state index contributed by atoms with van der Waals surface area (Å²) in [6.45, 7) is 7.61. The number of halogens is 2. The van der Waals surface area contributed by atoms with Gasteiger partial charge in [-0.2, -0.15) is 0 Å². The highest BCUT2D eigenvalue weighted by Gasteiger charge is 2.26. The summed E-state index contributed by atoms with van der Waals surface area (Å²) in [5, 5.41) is 0. The second kappa shape index (κ2) is 8.18. The maximum Gasteiger partial charge on any atom is 0.292 e. The predicted octanol–water partition coefficient (Wildman–Crippen LogP) is 2.57. The summed E-state index contributed by atoms with van der Waals surface area (Å²) in [4.78, 5) is 25.5. The largest absolute Gasteiger partial charge is 0.355 e. The normalized spacial score (nSPS) is 16.5. The number of hydrogen-bond acceptors (Lipinski definition) is 5. The van der Waals surface area contributed by atoms with Crippen molar-refractivity contribution in [3.63, 3.8) is 0 Å². The van der Waals surface area contributed by atoms with Crippen LogP contribution in [0.25, 0.3) is 0 Å². The van der Waals surface area contributed by atoms with Gasteiger partial charge < -0.3 is 15.5 Å². The fourth-order valence-electron chi connectivity index (χ4n) is 3.32. The minimum Gasteiger partial charge on any atom is -0.355 e. The second-order valence-corrected chi connectivity index (χ2v) is 7.14. The zero-order valence-corrected chi connectivity index (χ0v) is 16.4. The van der Waals surface area contributed by atoms with Crippen LogP contribution in [0.5, 0.6) is 0 Å². The summed E-state index contributed by atoms with van der Waals surface area (Å²) in [7, 11) is 0. The van der Waals surface area contributed by atoms with Crippen molar-refractivity contribution in [1.82, 2.24) is 14.9 Å². The molecule has 3 rings (SSSR count). The van der Waals surface area contributed by atoms with E-state index in [4.69, 9.17) is 5.73 Å². The van der Waals surface area contributed by atoms with Crippen molar-refractivity contribution in [2.45, 2.75) is 39.8 Å². The number of benzene rings is 1. The van der Waals surface area contributed by atoms with Crippen molar-refractivity contribution < 1.29 is 13.6 Å². The molecule has 2 N–H and O–H groups in total. The number of nitrogens with zero attached hydrogens (tertiary/aromatic N) is 4. The first-order chi connectivity index (χ1) is 13.3. The van der Waals surface area contributed by atoms with Crippen molar-refractivity contribution in [3.8, 4) is 0 Å². The van der Waals surface area contributed by atoms with E-state index in [0.717, 1.165) is 42.2 Å². The molecule has 6 nitrogen and oxygen atoms in total. The summed E-state index contributed by atoms with van der Waals surface area (Å²) in [5.74, 6) is -1.36. The van der Waals surface area contributed by atoms with Gasteiger partial charge in [0.2, 0.25) is 5.82 Å². The number of anilines is 1. The molecule has 0 saturated carbocycles. The molecule has 2 heterocycles. The molecule has 1 aromatic carbocycles. The van der Waals surface area contributed by atoms with Gasteiger partial charge in [-0.15, -0.1) is 0 Å². The predicted molar refractivity (Wildman–Crippen MR) is 103 cm³/mol. The molecule has 0 radical (unpaired) electrons. The van der Waals surface area contributed by atoms with Gasteiger partial charge in [0.15, 0.2) is 11.6 Å². The molecular weight excluding hydrogens is 364 g/mol. The van der Waals surface area contributed by atoms with Gasteiger partial charge in [0.25, 0.3) is 5.91 Å². The first kappa shape index (κ1) is 20.1. The van der Waals surface area contributed by atoms with E-state index < -0.39 is 11.6 Å². The average Bonchev–Trinajstić information content (AvgIpc) is 3.10. The van der Waals surface area contributed by atoms with Crippen LogP contribution in [0, 0.1) is 25.5 Å². The van der Waals surface area contributed by atoms with Gasteiger partial charge in [0, 0.05) is 43.5 Å². The topological polar surface area (TPSA) is 75.4 Å². The lowest BCUT2D eigenvalue weighted by atomic mass is 10.2. The third-order valence-electron chi connectivity index (χ3n) is 5.11. The lowest BCUT2D eigenvalue weighted by Gasteiger charge is -2.23. The number of carbonyl (C=O) groups excluding carboxylic acids is 1. The van der Waals surface area contributed by atoms with Crippen molar-refractivity contribution in [2.75, 3.05) is 24.5 Å². The molecule has 1 fully saturated rings. The number of nitrogens with two attached hydrogens (primary N) is 1. The fourth-order valence-corrected chi connectivity index (χ4v) is 3.32. The molecule has 1 atom stereocenters. The van der Waals surface area contributed by atoms with Gasteiger partial charge >= 0.3 is 0 Å². The Hall–Kier alpha value is -2.61. The Bertz CT molecular complexity index is 889. The van der Waals surface area contributed by atoms with Crippen LogP contribution in [0.15, 0.2) is 18.2 Å². The molecule has 1 amide bonds. The quantitative estimate of drug-likeness (QED) is 0.851. The molecule has 0 bridgehead atoms. The highest BCUT2D eigenvalue weighted by molar-refractivity contribution is 5.91. The van der Waals surface area contributed by atoms with Gasteiger partial charge in [0.1, 0.15) is 5.82 Å². The van der Waals surface area contributed by atoms with Crippen molar-refractivity contribution in [2.24, 2.45) is 5.73 Å². The van der Waals surface area contributed by atoms with Crippen LogP contribution in [0.1, 0.15) is 40.8 Å². The molecule has 8 heteroatoms. The summed E-state index contributed by atoms with van der Waals surface area (Å²) >= 11 is 0. The van der Waals surface area contributed by atoms with Crippen LogP contribution in [0.2, 0.25) is 0 Å². The molecule has 1 saturated heterocycles. The first-order valence-electron chi connectivity index (χ1n) is 9.39. The third kappa shape index (κ3) is 4.11. The number of amides is 1. The van der Waals surface area contributed by atoms with Crippen LogP contribution >= 0.6 is 0 Å². The van der Waals surface area contributed by atoms with E-state index in [1.54, 1.807) is 0 Å². The minimum absolute atomic E-state index is 0.0920. The van der Waals surface area contributed by atoms with E-state index in [2.05, 4.69) is 14.9 Å². The Morgan fingerprint density at radius 1 is 1.29 bits per heavy atom. The number of carbonyl (C=O) groups is 1.